The maximum atomic E-state index is 8.61. The molecule has 6 rings (SSSR count). The summed E-state index contributed by atoms with van der Waals surface area (Å²) in [7, 11) is 0. The lowest BCUT2D eigenvalue weighted by Crippen LogP contribution is -1.93. The molecule has 0 aliphatic carbocycles. The highest BCUT2D eigenvalue weighted by atomic mass is 15.0. The number of fused-ring (bicyclic) bond motifs is 6. The van der Waals surface area contributed by atoms with E-state index in [0.717, 1.165) is 38.5 Å². The number of aromatic nitrogens is 2. The van der Waals surface area contributed by atoms with Crippen molar-refractivity contribution in [2.75, 3.05) is 0 Å². The third-order valence-electron chi connectivity index (χ3n) is 5.24. The first kappa shape index (κ1) is 12.8. The van der Waals surface area contributed by atoms with Crippen LogP contribution in [0.25, 0.3) is 49.3 Å². The summed E-state index contributed by atoms with van der Waals surface area (Å²) in [5.41, 5.74) is 5.31. The van der Waals surface area contributed by atoms with Gasteiger partial charge in [0.15, 0.2) is 0 Å². The standard InChI is InChI=1S/C24H16N2/c1-4-10-21-17(7-1)20-15-16(13-14-22(20)25-21)26-23-11-5-2-8-18(23)19-9-3-6-12-24(19)26/h1-15,25H/i14D. The molecule has 26 heavy (non-hydrogen) atoms. The van der Waals surface area contributed by atoms with E-state index in [1.54, 1.807) is 0 Å². The SMILES string of the molecule is [2H]c1cc(-n2c3ccccc3c3ccccc32)cc2c1[nH]c1ccccc12. The molecule has 0 aliphatic heterocycles. The molecule has 2 heterocycles. The Morgan fingerprint density at radius 2 is 1.23 bits per heavy atom. The molecule has 2 heteroatoms. The van der Waals surface area contributed by atoms with Gasteiger partial charge in [0.05, 0.1) is 12.4 Å². The third-order valence-corrected chi connectivity index (χ3v) is 5.24. The second-order valence-corrected chi connectivity index (χ2v) is 6.69. The largest absolute Gasteiger partial charge is 0.355 e. The number of nitrogens with zero attached hydrogens (tertiary/aromatic N) is 1. The van der Waals surface area contributed by atoms with Gasteiger partial charge in [0, 0.05) is 38.3 Å². The van der Waals surface area contributed by atoms with Crippen LogP contribution in [0.4, 0.5) is 0 Å². The maximum absolute atomic E-state index is 8.61. The van der Waals surface area contributed by atoms with Gasteiger partial charge in [-0.2, -0.15) is 0 Å². The quantitative estimate of drug-likeness (QED) is 0.358. The van der Waals surface area contributed by atoms with Gasteiger partial charge >= 0.3 is 0 Å². The molecule has 0 saturated heterocycles. The van der Waals surface area contributed by atoms with Gasteiger partial charge in [-0.3, -0.25) is 0 Å². The number of H-pyrrole nitrogens is 1. The zero-order valence-electron chi connectivity index (χ0n) is 15.0. The molecule has 2 nitrogen and oxygen atoms in total. The summed E-state index contributed by atoms with van der Waals surface area (Å²) < 4.78 is 10.9. The molecule has 0 fully saturated rings. The first-order valence-electron chi connectivity index (χ1n) is 9.31. The fourth-order valence-corrected chi connectivity index (χ4v) is 4.09. The van der Waals surface area contributed by atoms with Crippen molar-refractivity contribution in [1.29, 1.82) is 0 Å². The van der Waals surface area contributed by atoms with E-state index < -0.39 is 0 Å². The van der Waals surface area contributed by atoms with Gasteiger partial charge in [-0.15, -0.1) is 0 Å². The minimum atomic E-state index is 0.514. The molecule has 122 valence electrons. The number of hydrogen-bond acceptors (Lipinski definition) is 0. The molecule has 0 radical (unpaired) electrons. The Morgan fingerprint density at radius 3 is 1.96 bits per heavy atom. The maximum Gasteiger partial charge on any atom is 0.0646 e. The van der Waals surface area contributed by atoms with Crippen molar-refractivity contribution in [3.8, 4) is 5.69 Å². The number of aromatic amines is 1. The third kappa shape index (κ3) is 1.76. The van der Waals surface area contributed by atoms with E-state index in [-0.39, 0.29) is 0 Å². The first-order chi connectivity index (χ1) is 13.3. The van der Waals surface area contributed by atoms with Crippen LogP contribution in [-0.2, 0) is 0 Å². The normalized spacial score (nSPS) is 12.4. The summed E-state index contributed by atoms with van der Waals surface area (Å²) in [6, 6.07) is 29.9. The van der Waals surface area contributed by atoms with E-state index in [2.05, 4.69) is 76.3 Å². The second-order valence-electron chi connectivity index (χ2n) is 6.69. The molecule has 0 bridgehead atoms. The molecule has 1 N–H and O–H groups in total. The molecule has 0 aliphatic rings. The van der Waals surface area contributed by atoms with E-state index >= 15 is 0 Å². The van der Waals surface area contributed by atoms with Crippen LogP contribution in [0.1, 0.15) is 1.37 Å². The van der Waals surface area contributed by atoms with E-state index in [1.807, 2.05) is 18.2 Å². The Labute approximate surface area is 151 Å². The Hall–Kier alpha value is -3.52. The van der Waals surface area contributed by atoms with Gasteiger partial charge in [0.2, 0.25) is 0 Å². The van der Waals surface area contributed by atoms with Crippen molar-refractivity contribution in [3.63, 3.8) is 0 Å². The molecule has 0 atom stereocenters. The van der Waals surface area contributed by atoms with Crippen LogP contribution in [0.3, 0.4) is 0 Å². The van der Waals surface area contributed by atoms with Crippen LogP contribution in [-0.4, -0.2) is 9.55 Å². The van der Waals surface area contributed by atoms with E-state index in [1.165, 1.54) is 10.8 Å². The van der Waals surface area contributed by atoms with Crippen molar-refractivity contribution in [2.24, 2.45) is 0 Å². The summed E-state index contributed by atoms with van der Waals surface area (Å²) >= 11 is 0. The lowest BCUT2D eigenvalue weighted by molar-refractivity contribution is 1.19. The summed E-state index contributed by atoms with van der Waals surface area (Å²) in [6.45, 7) is 0. The number of rotatable bonds is 1. The van der Waals surface area contributed by atoms with Crippen LogP contribution in [0.2, 0.25) is 0 Å². The molecule has 0 spiro atoms. The Bertz CT molecular complexity index is 1430. The molecule has 0 unspecified atom stereocenters. The summed E-state index contributed by atoms with van der Waals surface area (Å²) in [6.07, 6.45) is 0. The molecule has 6 aromatic rings. The lowest BCUT2D eigenvalue weighted by atomic mass is 10.1. The minimum Gasteiger partial charge on any atom is -0.355 e. The zero-order valence-corrected chi connectivity index (χ0v) is 14.0. The van der Waals surface area contributed by atoms with Crippen molar-refractivity contribution in [1.82, 2.24) is 9.55 Å². The van der Waals surface area contributed by atoms with Crippen molar-refractivity contribution >= 4 is 43.6 Å². The number of para-hydroxylation sites is 3. The van der Waals surface area contributed by atoms with Crippen LogP contribution >= 0.6 is 0 Å². The van der Waals surface area contributed by atoms with Gasteiger partial charge in [-0.05, 0) is 36.4 Å². The van der Waals surface area contributed by atoms with Crippen LogP contribution in [0.15, 0.2) is 91.0 Å². The summed E-state index contributed by atoms with van der Waals surface area (Å²) in [4.78, 5) is 3.40. The average molecular weight is 333 g/mol. The highest BCUT2D eigenvalue weighted by molar-refractivity contribution is 6.11. The smallest absolute Gasteiger partial charge is 0.0646 e. The predicted molar refractivity (Wildman–Crippen MR) is 110 cm³/mol. The molecule has 0 amide bonds. The van der Waals surface area contributed by atoms with Crippen LogP contribution < -0.4 is 0 Å². The van der Waals surface area contributed by atoms with Crippen molar-refractivity contribution < 1.29 is 1.37 Å². The van der Waals surface area contributed by atoms with Gasteiger partial charge in [0.1, 0.15) is 0 Å². The van der Waals surface area contributed by atoms with Gasteiger partial charge in [0.25, 0.3) is 0 Å². The topological polar surface area (TPSA) is 20.7 Å². The minimum absolute atomic E-state index is 0.514. The monoisotopic (exact) mass is 333 g/mol. The lowest BCUT2D eigenvalue weighted by Gasteiger charge is -2.08. The fourth-order valence-electron chi connectivity index (χ4n) is 4.09. The Kier molecular flexibility index (Phi) is 2.46. The zero-order chi connectivity index (χ0) is 18.0. The Morgan fingerprint density at radius 1 is 0.615 bits per heavy atom. The van der Waals surface area contributed by atoms with Gasteiger partial charge in [-0.25, -0.2) is 0 Å². The predicted octanol–water partition coefficient (Wildman–Crippen LogP) is 6.42. The number of benzene rings is 4. The molecular formula is C24H16N2. The second kappa shape index (κ2) is 4.99. The fraction of sp³-hybridized carbons (Fsp3) is 0. The molecule has 2 aromatic heterocycles. The van der Waals surface area contributed by atoms with Crippen LogP contribution in [0, 0.1) is 0 Å². The first-order valence-corrected chi connectivity index (χ1v) is 8.81. The van der Waals surface area contributed by atoms with Crippen LogP contribution in [0.5, 0.6) is 0 Å². The molecule has 4 aromatic carbocycles. The number of nitrogens with one attached hydrogen (secondary N) is 1. The van der Waals surface area contributed by atoms with E-state index in [4.69, 9.17) is 1.37 Å². The van der Waals surface area contributed by atoms with E-state index in [9.17, 15) is 0 Å². The van der Waals surface area contributed by atoms with Crippen molar-refractivity contribution in [2.45, 2.75) is 0 Å². The molecular weight excluding hydrogens is 316 g/mol. The number of hydrogen-bond donors (Lipinski definition) is 1. The molecule has 0 saturated carbocycles. The average Bonchev–Trinajstić information content (AvgIpc) is 3.24. The summed E-state index contributed by atoms with van der Waals surface area (Å²) in [5, 5.41) is 4.72. The highest BCUT2D eigenvalue weighted by Crippen LogP contribution is 2.34. The van der Waals surface area contributed by atoms with Crippen molar-refractivity contribution in [3.05, 3.63) is 91.0 Å². The Balaban J connectivity index is 1.79. The highest BCUT2D eigenvalue weighted by Gasteiger charge is 2.12. The van der Waals surface area contributed by atoms with Gasteiger partial charge < -0.3 is 9.55 Å². The van der Waals surface area contributed by atoms with Gasteiger partial charge in [-0.1, -0.05) is 54.6 Å². The summed E-state index contributed by atoms with van der Waals surface area (Å²) in [5.74, 6) is 0. The van der Waals surface area contributed by atoms with E-state index in [0.29, 0.717) is 6.04 Å².